The molecule has 1 unspecified atom stereocenters. The van der Waals surface area contributed by atoms with Gasteiger partial charge in [0.05, 0.1) is 7.11 Å². The van der Waals surface area contributed by atoms with Crippen molar-refractivity contribution in [2.45, 2.75) is 46.1 Å². The van der Waals surface area contributed by atoms with Gasteiger partial charge in [0.1, 0.15) is 5.75 Å². The van der Waals surface area contributed by atoms with E-state index in [2.05, 4.69) is 26.1 Å². The largest absolute Gasteiger partial charge is 0.497 e. The number of hydrogen-bond donors (Lipinski definition) is 2. The van der Waals surface area contributed by atoms with E-state index in [-0.39, 0.29) is 17.4 Å². The molecule has 0 aliphatic rings. The molecule has 0 saturated carbocycles. The molecule has 4 heteroatoms. The number of amides is 1. The first kappa shape index (κ1) is 17.5. The van der Waals surface area contributed by atoms with Gasteiger partial charge in [-0.3, -0.25) is 4.79 Å². The Morgan fingerprint density at radius 1 is 1.29 bits per heavy atom. The fourth-order valence-electron chi connectivity index (χ4n) is 2.20. The minimum absolute atomic E-state index is 0.0230. The standard InChI is InChI=1S/C17H28N2O2/c1-17(2,3)15(11-12-18)19-16(20)10-7-13-5-8-14(21-4)9-6-13/h5-6,8-9,15H,7,10-12,18H2,1-4H3,(H,19,20). The Kier molecular flexibility index (Phi) is 6.69. The predicted octanol–water partition coefficient (Wildman–Crippen LogP) is 2.51. The quantitative estimate of drug-likeness (QED) is 0.811. The van der Waals surface area contributed by atoms with Crippen molar-refractivity contribution in [3.8, 4) is 5.75 Å². The number of carbonyl (C=O) groups excluding carboxylic acids is 1. The molecule has 4 nitrogen and oxygen atoms in total. The van der Waals surface area contributed by atoms with Crippen molar-refractivity contribution in [2.24, 2.45) is 11.1 Å². The zero-order chi connectivity index (χ0) is 15.9. The average Bonchev–Trinajstić information content (AvgIpc) is 2.44. The van der Waals surface area contributed by atoms with Gasteiger partial charge in [-0.1, -0.05) is 32.9 Å². The lowest BCUT2D eigenvalue weighted by molar-refractivity contribution is -0.122. The molecule has 0 aliphatic heterocycles. The number of ether oxygens (including phenoxy) is 1. The molecular formula is C17H28N2O2. The molecule has 0 aliphatic carbocycles. The first-order valence-corrected chi connectivity index (χ1v) is 7.49. The Labute approximate surface area is 128 Å². The van der Waals surface area contributed by atoms with Crippen LogP contribution in [0.15, 0.2) is 24.3 Å². The van der Waals surface area contributed by atoms with Crippen molar-refractivity contribution in [3.63, 3.8) is 0 Å². The summed E-state index contributed by atoms with van der Waals surface area (Å²) in [4.78, 5) is 12.1. The van der Waals surface area contributed by atoms with Crippen molar-refractivity contribution in [1.82, 2.24) is 5.32 Å². The van der Waals surface area contributed by atoms with Gasteiger partial charge in [-0.25, -0.2) is 0 Å². The maximum atomic E-state index is 12.1. The van der Waals surface area contributed by atoms with Crippen molar-refractivity contribution < 1.29 is 9.53 Å². The van der Waals surface area contributed by atoms with E-state index >= 15 is 0 Å². The second-order valence-corrected chi connectivity index (χ2v) is 6.41. The third-order valence-corrected chi connectivity index (χ3v) is 3.64. The van der Waals surface area contributed by atoms with E-state index in [1.54, 1.807) is 7.11 Å². The van der Waals surface area contributed by atoms with Gasteiger partial charge >= 0.3 is 0 Å². The number of methoxy groups -OCH3 is 1. The van der Waals surface area contributed by atoms with Crippen LogP contribution in [0.25, 0.3) is 0 Å². The summed E-state index contributed by atoms with van der Waals surface area (Å²) in [7, 11) is 1.65. The minimum atomic E-state index is 0.0230. The van der Waals surface area contributed by atoms with Gasteiger partial charge in [0.25, 0.3) is 0 Å². The highest BCUT2D eigenvalue weighted by Crippen LogP contribution is 2.21. The number of nitrogens with two attached hydrogens (primary N) is 1. The fourth-order valence-corrected chi connectivity index (χ4v) is 2.20. The third kappa shape index (κ3) is 6.17. The van der Waals surface area contributed by atoms with Gasteiger partial charge < -0.3 is 15.8 Å². The lowest BCUT2D eigenvalue weighted by Crippen LogP contribution is -2.44. The molecule has 0 fully saturated rings. The van der Waals surface area contributed by atoms with Crippen molar-refractivity contribution in [3.05, 3.63) is 29.8 Å². The Bertz CT molecular complexity index is 435. The van der Waals surface area contributed by atoms with Crippen LogP contribution in [0.1, 0.15) is 39.2 Å². The topological polar surface area (TPSA) is 64.3 Å². The average molecular weight is 292 g/mol. The molecule has 0 heterocycles. The predicted molar refractivity (Wildman–Crippen MR) is 86.4 cm³/mol. The maximum Gasteiger partial charge on any atom is 0.220 e. The Morgan fingerprint density at radius 2 is 1.90 bits per heavy atom. The molecule has 0 bridgehead atoms. The van der Waals surface area contributed by atoms with Crippen molar-refractivity contribution >= 4 is 5.91 Å². The van der Waals surface area contributed by atoms with E-state index in [9.17, 15) is 4.79 Å². The summed E-state index contributed by atoms with van der Waals surface area (Å²) in [6, 6.07) is 7.94. The van der Waals surface area contributed by atoms with E-state index in [1.165, 1.54) is 0 Å². The zero-order valence-electron chi connectivity index (χ0n) is 13.6. The van der Waals surface area contributed by atoms with Crippen LogP contribution < -0.4 is 15.8 Å². The normalized spacial score (nSPS) is 12.8. The zero-order valence-corrected chi connectivity index (χ0v) is 13.6. The number of rotatable bonds is 7. The highest BCUT2D eigenvalue weighted by molar-refractivity contribution is 5.76. The second kappa shape index (κ2) is 8.03. The smallest absolute Gasteiger partial charge is 0.220 e. The van der Waals surface area contributed by atoms with Crippen molar-refractivity contribution in [1.29, 1.82) is 0 Å². The minimum Gasteiger partial charge on any atom is -0.497 e. The van der Waals surface area contributed by atoms with Gasteiger partial charge in [0.2, 0.25) is 5.91 Å². The summed E-state index contributed by atoms with van der Waals surface area (Å²) in [5.41, 5.74) is 6.79. The fraction of sp³-hybridized carbons (Fsp3) is 0.588. The van der Waals surface area contributed by atoms with Crippen LogP contribution >= 0.6 is 0 Å². The molecular weight excluding hydrogens is 264 g/mol. The summed E-state index contributed by atoms with van der Waals surface area (Å²) in [5, 5.41) is 3.11. The summed E-state index contributed by atoms with van der Waals surface area (Å²) in [6.45, 7) is 6.95. The van der Waals surface area contributed by atoms with Crippen LogP contribution in [-0.2, 0) is 11.2 Å². The number of aryl methyl sites for hydroxylation is 1. The van der Waals surface area contributed by atoms with Crippen LogP contribution in [0.2, 0.25) is 0 Å². The summed E-state index contributed by atoms with van der Waals surface area (Å²) in [5.74, 6) is 0.915. The van der Waals surface area contributed by atoms with Gasteiger partial charge in [-0.15, -0.1) is 0 Å². The van der Waals surface area contributed by atoms with Gasteiger partial charge in [-0.05, 0) is 42.5 Å². The summed E-state index contributed by atoms with van der Waals surface area (Å²) < 4.78 is 5.12. The first-order chi connectivity index (χ1) is 9.86. The van der Waals surface area contributed by atoms with Crippen LogP contribution in [0.4, 0.5) is 0 Å². The molecule has 118 valence electrons. The number of carbonyl (C=O) groups is 1. The molecule has 0 aromatic heterocycles. The van der Waals surface area contributed by atoms with Crippen molar-refractivity contribution in [2.75, 3.05) is 13.7 Å². The maximum absolute atomic E-state index is 12.1. The molecule has 0 spiro atoms. The lowest BCUT2D eigenvalue weighted by atomic mass is 9.84. The molecule has 0 saturated heterocycles. The number of nitrogens with one attached hydrogen (secondary N) is 1. The van der Waals surface area contributed by atoms with Crippen LogP contribution in [0, 0.1) is 5.41 Å². The van der Waals surface area contributed by atoms with Gasteiger partial charge in [0, 0.05) is 12.5 Å². The lowest BCUT2D eigenvalue weighted by Gasteiger charge is -2.31. The highest BCUT2D eigenvalue weighted by Gasteiger charge is 2.25. The van der Waals surface area contributed by atoms with Crippen LogP contribution in [0.5, 0.6) is 5.75 Å². The number of hydrogen-bond acceptors (Lipinski definition) is 3. The molecule has 1 aromatic rings. The molecule has 0 radical (unpaired) electrons. The van der Waals surface area contributed by atoms with Crippen LogP contribution in [-0.4, -0.2) is 25.6 Å². The Balaban J connectivity index is 2.48. The molecule has 1 atom stereocenters. The molecule has 3 N–H and O–H groups in total. The summed E-state index contributed by atoms with van der Waals surface area (Å²) >= 11 is 0. The first-order valence-electron chi connectivity index (χ1n) is 7.49. The molecule has 1 amide bonds. The summed E-state index contributed by atoms with van der Waals surface area (Å²) in [6.07, 6.45) is 2.02. The van der Waals surface area contributed by atoms with E-state index in [4.69, 9.17) is 10.5 Å². The Hall–Kier alpha value is -1.55. The third-order valence-electron chi connectivity index (χ3n) is 3.64. The van der Waals surface area contributed by atoms with E-state index in [0.29, 0.717) is 13.0 Å². The second-order valence-electron chi connectivity index (χ2n) is 6.41. The molecule has 1 rings (SSSR count). The monoisotopic (exact) mass is 292 g/mol. The SMILES string of the molecule is COc1ccc(CCC(=O)NC(CCN)C(C)(C)C)cc1. The number of benzene rings is 1. The van der Waals surface area contributed by atoms with E-state index in [1.807, 2.05) is 24.3 Å². The molecule has 21 heavy (non-hydrogen) atoms. The van der Waals surface area contributed by atoms with E-state index in [0.717, 1.165) is 24.2 Å². The Morgan fingerprint density at radius 3 is 2.38 bits per heavy atom. The van der Waals surface area contributed by atoms with Crippen LogP contribution in [0.3, 0.4) is 0 Å². The van der Waals surface area contributed by atoms with Gasteiger partial charge in [-0.2, -0.15) is 0 Å². The highest BCUT2D eigenvalue weighted by atomic mass is 16.5. The van der Waals surface area contributed by atoms with Gasteiger partial charge in [0.15, 0.2) is 0 Å². The molecule has 1 aromatic carbocycles. The van der Waals surface area contributed by atoms with E-state index < -0.39 is 0 Å².